The molecule has 1 aromatic carbocycles. The normalized spacial score (nSPS) is 12.2. The smallest absolute Gasteiger partial charge is 0.152 e. The minimum atomic E-state index is -0.352. The summed E-state index contributed by atoms with van der Waals surface area (Å²) in [5, 5.41) is 3.96. The molecule has 0 aliphatic carbocycles. The standard InChI is InChI=1S/C13H11Cl2FN2/c1-8(10-5-4-9(16)7-11(10)14)18-12-3-2-6-17-13(12)15/h2-8,18H,1H3. The molecule has 1 atom stereocenters. The fraction of sp³-hybridized carbons (Fsp3) is 0.154. The van der Waals surface area contributed by atoms with Crippen molar-refractivity contribution in [3.8, 4) is 0 Å². The van der Waals surface area contributed by atoms with Gasteiger partial charge in [0.1, 0.15) is 5.82 Å². The molecule has 0 saturated heterocycles. The van der Waals surface area contributed by atoms with E-state index in [1.807, 2.05) is 13.0 Å². The predicted molar refractivity (Wildman–Crippen MR) is 72.7 cm³/mol. The average molecular weight is 285 g/mol. The van der Waals surface area contributed by atoms with Crippen molar-refractivity contribution in [1.82, 2.24) is 4.98 Å². The van der Waals surface area contributed by atoms with E-state index in [4.69, 9.17) is 23.2 Å². The SMILES string of the molecule is CC(Nc1cccnc1Cl)c1ccc(F)cc1Cl. The molecule has 0 aliphatic heterocycles. The molecule has 94 valence electrons. The molecule has 18 heavy (non-hydrogen) atoms. The van der Waals surface area contributed by atoms with Crippen LogP contribution in [0.1, 0.15) is 18.5 Å². The molecule has 2 nitrogen and oxygen atoms in total. The van der Waals surface area contributed by atoms with E-state index in [1.54, 1.807) is 18.3 Å². The van der Waals surface area contributed by atoms with Crippen LogP contribution in [0.5, 0.6) is 0 Å². The van der Waals surface area contributed by atoms with E-state index in [0.717, 1.165) is 5.56 Å². The number of nitrogens with zero attached hydrogens (tertiary/aromatic N) is 1. The Morgan fingerprint density at radius 1 is 1.28 bits per heavy atom. The summed E-state index contributed by atoms with van der Waals surface area (Å²) in [6.45, 7) is 1.92. The summed E-state index contributed by atoms with van der Waals surface area (Å²) in [5.41, 5.74) is 1.52. The number of nitrogens with one attached hydrogen (secondary N) is 1. The summed E-state index contributed by atoms with van der Waals surface area (Å²) in [4.78, 5) is 3.97. The number of rotatable bonds is 3. The van der Waals surface area contributed by atoms with Crippen LogP contribution in [0.15, 0.2) is 36.5 Å². The van der Waals surface area contributed by atoms with Gasteiger partial charge in [0.05, 0.1) is 11.7 Å². The van der Waals surface area contributed by atoms with Gasteiger partial charge in [-0.1, -0.05) is 29.3 Å². The average Bonchev–Trinajstić information content (AvgIpc) is 2.32. The minimum Gasteiger partial charge on any atom is -0.376 e. The molecule has 0 bridgehead atoms. The molecule has 0 radical (unpaired) electrons. The Morgan fingerprint density at radius 2 is 2.06 bits per heavy atom. The lowest BCUT2D eigenvalue weighted by Gasteiger charge is -2.17. The van der Waals surface area contributed by atoms with Crippen LogP contribution in [0.2, 0.25) is 10.2 Å². The molecule has 1 N–H and O–H groups in total. The van der Waals surface area contributed by atoms with Gasteiger partial charge in [-0.15, -0.1) is 0 Å². The Hall–Kier alpha value is -1.32. The maximum absolute atomic E-state index is 13.0. The second kappa shape index (κ2) is 5.55. The molecular formula is C13H11Cl2FN2. The summed E-state index contributed by atoms with van der Waals surface area (Å²) < 4.78 is 13.0. The Bertz CT molecular complexity index is 560. The Morgan fingerprint density at radius 3 is 2.72 bits per heavy atom. The number of halogens is 3. The zero-order valence-corrected chi connectivity index (χ0v) is 11.1. The summed E-state index contributed by atoms with van der Waals surface area (Å²) >= 11 is 12.0. The van der Waals surface area contributed by atoms with E-state index in [-0.39, 0.29) is 11.9 Å². The largest absolute Gasteiger partial charge is 0.376 e. The van der Waals surface area contributed by atoms with Crippen molar-refractivity contribution in [3.63, 3.8) is 0 Å². The number of hydrogen-bond donors (Lipinski definition) is 1. The molecule has 0 spiro atoms. The zero-order chi connectivity index (χ0) is 13.1. The van der Waals surface area contributed by atoms with Gasteiger partial charge in [-0.05, 0) is 36.8 Å². The summed E-state index contributed by atoms with van der Waals surface area (Å²) in [7, 11) is 0. The lowest BCUT2D eigenvalue weighted by atomic mass is 10.1. The van der Waals surface area contributed by atoms with Crippen molar-refractivity contribution in [3.05, 3.63) is 58.1 Å². The second-order valence-electron chi connectivity index (χ2n) is 3.87. The van der Waals surface area contributed by atoms with Gasteiger partial charge in [0.2, 0.25) is 0 Å². The van der Waals surface area contributed by atoms with Crippen LogP contribution in [0, 0.1) is 5.82 Å². The molecule has 0 saturated carbocycles. The van der Waals surface area contributed by atoms with Gasteiger partial charge in [-0.3, -0.25) is 0 Å². The monoisotopic (exact) mass is 284 g/mol. The number of benzene rings is 1. The molecule has 1 heterocycles. The number of pyridine rings is 1. The van der Waals surface area contributed by atoms with Gasteiger partial charge < -0.3 is 5.32 Å². The van der Waals surface area contributed by atoms with Crippen LogP contribution >= 0.6 is 23.2 Å². The van der Waals surface area contributed by atoms with E-state index in [9.17, 15) is 4.39 Å². The van der Waals surface area contributed by atoms with Crippen LogP contribution in [0.3, 0.4) is 0 Å². The van der Waals surface area contributed by atoms with E-state index in [2.05, 4.69) is 10.3 Å². The highest BCUT2D eigenvalue weighted by atomic mass is 35.5. The second-order valence-corrected chi connectivity index (χ2v) is 4.64. The molecule has 0 fully saturated rings. The third-order valence-corrected chi connectivity index (χ3v) is 3.19. The van der Waals surface area contributed by atoms with Crippen LogP contribution in [0.4, 0.5) is 10.1 Å². The summed E-state index contributed by atoms with van der Waals surface area (Å²) in [6.07, 6.45) is 1.61. The zero-order valence-electron chi connectivity index (χ0n) is 9.62. The number of hydrogen-bond acceptors (Lipinski definition) is 2. The highest BCUT2D eigenvalue weighted by Gasteiger charge is 2.11. The summed E-state index contributed by atoms with van der Waals surface area (Å²) in [6, 6.07) is 7.83. The highest BCUT2D eigenvalue weighted by molar-refractivity contribution is 6.32. The van der Waals surface area contributed by atoms with Gasteiger partial charge >= 0.3 is 0 Å². The van der Waals surface area contributed by atoms with Crippen LogP contribution in [0.25, 0.3) is 0 Å². The first kappa shape index (κ1) is 13.1. The minimum absolute atomic E-state index is 0.0974. The van der Waals surface area contributed by atoms with Crippen LogP contribution < -0.4 is 5.32 Å². The van der Waals surface area contributed by atoms with Gasteiger partial charge in [-0.25, -0.2) is 9.37 Å². The van der Waals surface area contributed by atoms with E-state index in [0.29, 0.717) is 15.9 Å². The predicted octanol–water partition coefficient (Wildman–Crippen LogP) is 4.70. The molecule has 1 unspecified atom stereocenters. The molecule has 0 aliphatic rings. The molecule has 1 aromatic heterocycles. The van der Waals surface area contributed by atoms with Gasteiger partial charge in [0, 0.05) is 11.2 Å². The third-order valence-electron chi connectivity index (χ3n) is 2.56. The molecule has 5 heteroatoms. The maximum Gasteiger partial charge on any atom is 0.152 e. The first-order valence-corrected chi connectivity index (χ1v) is 6.15. The Kier molecular flexibility index (Phi) is 4.04. The maximum atomic E-state index is 13.0. The number of anilines is 1. The fourth-order valence-electron chi connectivity index (χ4n) is 1.66. The van der Waals surface area contributed by atoms with Crippen molar-refractivity contribution in [2.24, 2.45) is 0 Å². The first-order chi connectivity index (χ1) is 8.58. The third kappa shape index (κ3) is 2.92. The van der Waals surface area contributed by atoms with Crippen LogP contribution in [-0.4, -0.2) is 4.98 Å². The van der Waals surface area contributed by atoms with E-state index in [1.165, 1.54) is 12.1 Å². The Balaban J connectivity index is 2.22. The lowest BCUT2D eigenvalue weighted by molar-refractivity contribution is 0.626. The Labute approximate surface area is 115 Å². The van der Waals surface area contributed by atoms with Crippen LogP contribution in [-0.2, 0) is 0 Å². The lowest BCUT2D eigenvalue weighted by Crippen LogP contribution is -2.08. The van der Waals surface area contributed by atoms with Gasteiger partial charge in [0.15, 0.2) is 5.15 Å². The first-order valence-electron chi connectivity index (χ1n) is 5.40. The van der Waals surface area contributed by atoms with Crippen molar-refractivity contribution in [1.29, 1.82) is 0 Å². The van der Waals surface area contributed by atoms with Crippen molar-refractivity contribution >= 4 is 28.9 Å². The van der Waals surface area contributed by atoms with E-state index >= 15 is 0 Å². The fourth-order valence-corrected chi connectivity index (χ4v) is 2.16. The number of aromatic nitrogens is 1. The van der Waals surface area contributed by atoms with Crippen molar-refractivity contribution in [2.75, 3.05) is 5.32 Å². The molecular weight excluding hydrogens is 274 g/mol. The van der Waals surface area contributed by atoms with Crippen molar-refractivity contribution in [2.45, 2.75) is 13.0 Å². The van der Waals surface area contributed by atoms with E-state index < -0.39 is 0 Å². The van der Waals surface area contributed by atoms with Crippen molar-refractivity contribution < 1.29 is 4.39 Å². The molecule has 0 amide bonds. The van der Waals surface area contributed by atoms with Gasteiger partial charge in [-0.2, -0.15) is 0 Å². The topological polar surface area (TPSA) is 24.9 Å². The highest BCUT2D eigenvalue weighted by Crippen LogP contribution is 2.28. The molecule has 2 rings (SSSR count). The summed E-state index contributed by atoms with van der Waals surface area (Å²) in [5.74, 6) is -0.352. The quantitative estimate of drug-likeness (QED) is 0.827. The molecule has 2 aromatic rings. The van der Waals surface area contributed by atoms with Gasteiger partial charge in [0.25, 0.3) is 0 Å².